The Hall–Kier alpha value is -2.42. The summed E-state index contributed by atoms with van der Waals surface area (Å²) in [5.41, 5.74) is -0.368. The van der Waals surface area contributed by atoms with Gasteiger partial charge in [-0.25, -0.2) is 4.39 Å². The minimum Gasteiger partial charge on any atom is -0.503 e. The highest BCUT2D eigenvalue weighted by atomic mass is 35.5. The van der Waals surface area contributed by atoms with Crippen LogP contribution in [0, 0.1) is 5.82 Å². The molecule has 1 aromatic heterocycles. The zero-order chi connectivity index (χ0) is 21.2. The van der Waals surface area contributed by atoms with E-state index in [9.17, 15) is 24.2 Å². The summed E-state index contributed by atoms with van der Waals surface area (Å²) in [5, 5.41) is 21.1. The van der Waals surface area contributed by atoms with E-state index >= 15 is 0 Å². The summed E-state index contributed by atoms with van der Waals surface area (Å²) >= 11 is 5.83. The van der Waals surface area contributed by atoms with Crippen molar-refractivity contribution in [3.63, 3.8) is 0 Å². The van der Waals surface area contributed by atoms with Crippen LogP contribution in [0.2, 0.25) is 5.02 Å². The van der Waals surface area contributed by atoms with E-state index in [1.165, 1.54) is 23.1 Å². The van der Waals surface area contributed by atoms with Crippen molar-refractivity contribution in [2.24, 2.45) is 0 Å². The molecule has 2 unspecified atom stereocenters. The Morgan fingerprint density at radius 2 is 2.10 bits per heavy atom. The fourth-order valence-electron chi connectivity index (χ4n) is 4.97. The van der Waals surface area contributed by atoms with Gasteiger partial charge in [-0.3, -0.25) is 9.59 Å². The fourth-order valence-corrected chi connectivity index (χ4v) is 5.18. The largest absolute Gasteiger partial charge is 0.503 e. The maximum Gasteiger partial charge on any atom is 0.274 e. The molecule has 7 nitrogen and oxygen atoms in total. The number of halogens is 2. The average molecular weight is 435 g/mol. The summed E-state index contributed by atoms with van der Waals surface area (Å²) in [4.78, 5) is 27.7. The van der Waals surface area contributed by atoms with Gasteiger partial charge in [0.2, 0.25) is 5.43 Å². The number of carbonyl (C=O) groups excluding carboxylic acids is 1. The first-order valence-corrected chi connectivity index (χ1v) is 10.3. The van der Waals surface area contributed by atoms with E-state index in [-0.39, 0.29) is 29.4 Å². The summed E-state index contributed by atoms with van der Waals surface area (Å²) in [6, 6.07) is 4.23. The van der Waals surface area contributed by atoms with Crippen LogP contribution in [-0.2, 0) is 30.0 Å². The molecule has 0 saturated heterocycles. The van der Waals surface area contributed by atoms with Gasteiger partial charge in [0.15, 0.2) is 11.4 Å². The number of ether oxygens (including phenoxy) is 1. The maximum absolute atomic E-state index is 13.4. The third kappa shape index (κ3) is 2.64. The van der Waals surface area contributed by atoms with Crippen LogP contribution in [0.4, 0.5) is 4.39 Å². The molecule has 2 atom stereocenters. The Kier molecular flexibility index (Phi) is 4.43. The molecule has 2 aliphatic heterocycles. The molecule has 1 aliphatic carbocycles. The molecule has 30 heavy (non-hydrogen) atoms. The van der Waals surface area contributed by atoms with E-state index in [1.807, 2.05) is 0 Å². The average Bonchev–Trinajstić information content (AvgIpc) is 3.28. The topological polar surface area (TPSA) is 92.0 Å². The van der Waals surface area contributed by atoms with Gasteiger partial charge in [0.1, 0.15) is 11.4 Å². The molecule has 5 rings (SSSR count). The van der Waals surface area contributed by atoms with Crippen molar-refractivity contribution in [3.8, 4) is 5.75 Å². The Balaban J connectivity index is 1.55. The SMILES string of the molecule is O=C1c2c(O)c(=O)c3c(n2CCN1Cc1ccc(F)c(Cl)c1)COC31CCCC1O. The Labute approximate surface area is 176 Å². The minimum atomic E-state index is -1.10. The number of benzene rings is 1. The quantitative estimate of drug-likeness (QED) is 0.756. The minimum absolute atomic E-state index is 0.0354. The number of aromatic nitrogens is 1. The number of pyridine rings is 1. The van der Waals surface area contributed by atoms with Crippen LogP contribution >= 0.6 is 11.6 Å². The number of carbonyl (C=O) groups is 1. The smallest absolute Gasteiger partial charge is 0.274 e. The molecule has 3 aliphatic rings. The van der Waals surface area contributed by atoms with Gasteiger partial charge in [0.25, 0.3) is 5.91 Å². The lowest BCUT2D eigenvalue weighted by atomic mass is 9.89. The van der Waals surface area contributed by atoms with E-state index in [2.05, 4.69) is 0 Å². The normalized spacial score (nSPS) is 25.1. The number of aliphatic hydroxyl groups excluding tert-OH is 1. The second-order valence-electron chi connectivity index (χ2n) is 8.06. The molecular weight excluding hydrogens is 415 g/mol. The third-order valence-corrected chi connectivity index (χ3v) is 6.73. The Morgan fingerprint density at radius 1 is 1.30 bits per heavy atom. The lowest BCUT2D eigenvalue weighted by Crippen LogP contribution is -2.44. The number of aromatic hydroxyl groups is 1. The van der Waals surface area contributed by atoms with Crippen LogP contribution in [0.25, 0.3) is 0 Å². The number of nitrogens with zero attached hydrogens (tertiary/aromatic N) is 2. The van der Waals surface area contributed by atoms with Crippen LogP contribution in [0.1, 0.15) is 46.6 Å². The monoisotopic (exact) mass is 434 g/mol. The second-order valence-corrected chi connectivity index (χ2v) is 8.47. The van der Waals surface area contributed by atoms with Crippen LogP contribution in [0.5, 0.6) is 5.75 Å². The highest BCUT2D eigenvalue weighted by Gasteiger charge is 2.53. The molecule has 3 heterocycles. The van der Waals surface area contributed by atoms with E-state index in [0.717, 1.165) is 6.42 Å². The summed E-state index contributed by atoms with van der Waals surface area (Å²) in [6.45, 7) is 0.977. The summed E-state index contributed by atoms with van der Waals surface area (Å²) in [7, 11) is 0. The first-order chi connectivity index (χ1) is 14.3. The summed E-state index contributed by atoms with van der Waals surface area (Å²) in [6.07, 6.45) is 0.924. The van der Waals surface area contributed by atoms with Crippen LogP contribution in [0.3, 0.4) is 0 Å². The lowest BCUT2D eigenvalue weighted by Gasteiger charge is -2.32. The first-order valence-electron chi connectivity index (χ1n) is 9.88. The van der Waals surface area contributed by atoms with Gasteiger partial charge >= 0.3 is 0 Å². The summed E-state index contributed by atoms with van der Waals surface area (Å²) in [5.74, 6) is -1.66. The van der Waals surface area contributed by atoms with Gasteiger partial charge in [-0.2, -0.15) is 0 Å². The molecule has 1 aromatic carbocycles. The summed E-state index contributed by atoms with van der Waals surface area (Å²) < 4.78 is 21.0. The number of fused-ring (bicyclic) bond motifs is 4. The molecule has 9 heteroatoms. The van der Waals surface area contributed by atoms with Crippen molar-refractivity contribution in [2.75, 3.05) is 6.54 Å². The van der Waals surface area contributed by atoms with Crippen molar-refractivity contribution in [1.29, 1.82) is 0 Å². The lowest BCUT2D eigenvalue weighted by molar-refractivity contribution is -0.104. The van der Waals surface area contributed by atoms with Gasteiger partial charge in [-0.05, 0) is 37.0 Å². The molecule has 1 amide bonds. The molecule has 1 spiro atoms. The third-order valence-electron chi connectivity index (χ3n) is 6.45. The van der Waals surface area contributed by atoms with E-state index in [4.69, 9.17) is 16.3 Å². The van der Waals surface area contributed by atoms with Crippen molar-refractivity contribution < 1.29 is 24.1 Å². The second kappa shape index (κ2) is 6.80. The molecule has 1 saturated carbocycles. The number of hydrogen-bond acceptors (Lipinski definition) is 5. The first kappa shape index (κ1) is 19.5. The predicted octanol–water partition coefficient (Wildman–Crippen LogP) is 2.27. The maximum atomic E-state index is 13.4. The Bertz CT molecular complexity index is 1130. The van der Waals surface area contributed by atoms with Crippen molar-refractivity contribution >= 4 is 17.5 Å². The highest BCUT2D eigenvalue weighted by molar-refractivity contribution is 6.30. The standard InChI is InChI=1S/C21H20ClFN2O5/c22-12-8-11(3-4-13(12)23)9-24-6-7-25-14-10-30-21(5-1-2-15(21)26)16(14)18(27)19(28)17(25)20(24)29/h3-4,8,15,26,28H,1-2,5-7,9-10H2. The highest BCUT2D eigenvalue weighted by Crippen LogP contribution is 2.48. The molecular formula is C21H20ClFN2O5. The van der Waals surface area contributed by atoms with E-state index in [0.29, 0.717) is 37.2 Å². The van der Waals surface area contributed by atoms with Crippen molar-refractivity contribution in [3.05, 3.63) is 61.8 Å². The molecule has 0 bridgehead atoms. The molecule has 2 aromatic rings. The van der Waals surface area contributed by atoms with Crippen molar-refractivity contribution in [1.82, 2.24) is 9.47 Å². The molecule has 1 fully saturated rings. The van der Waals surface area contributed by atoms with Gasteiger partial charge in [-0.1, -0.05) is 17.7 Å². The van der Waals surface area contributed by atoms with Crippen LogP contribution in [-0.4, -0.2) is 38.2 Å². The van der Waals surface area contributed by atoms with Gasteiger partial charge in [0.05, 0.1) is 29.0 Å². The number of hydrogen-bond donors (Lipinski definition) is 2. The number of aliphatic hydroxyl groups is 1. The van der Waals surface area contributed by atoms with Gasteiger partial charge in [-0.15, -0.1) is 0 Å². The van der Waals surface area contributed by atoms with E-state index < -0.39 is 34.6 Å². The molecule has 2 N–H and O–H groups in total. The molecule has 0 radical (unpaired) electrons. The zero-order valence-corrected chi connectivity index (χ0v) is 16.8. The van der Waals surface area contributed by atoms with Gasteiger partial charge < -0.3 is 24.4 Å². The number of amides is 1. The number of rotatable bonds is 2. The van der Waals surface area contributed by atoms with Gasteiger partial charge in [0, 0.05) is 19.6 Å². The molecule has 158 valence electrons. The predicted molar refractivity (Wildman–Crippen MR) is 105 cm³/mol. The van der Waals surface area contributed by atoms with Crippen molar-refractivity contribution in [2.45, 2.75) is 50.7 Å². The fraction of sp³-hybridized carbons (Fsp3) is 0.429. The van der Waals surface area contributed by atoms with Crippen LogP contribution < -0.4 is 5.43 Å². The zero-order valence-electron chi connectivity index (χ0n) is 16.0. The Morgan fingerprint density at radius 3 is 2.80 bits per heavy atom. The van der Waals surface area contributed by atoms with E-state index in [1.54, 1.807) is 4.57 Å². The van der Waals surface area contributed by atoms with Crippen LogP contribution in [0.15, 0.2) is 23.0 Å².